The monoisotopic (exact) mass is 343 g/mol. The molecule has 0 saturated carbocycles. The predicted octanol–water partition coefficient (Wildman–Crippen LogP) is 2.13. The molecule has 1 amide bonds. The molecule has 2 aromatic rings. The quantitative estimate of drug-likeness (QED) is 0.642. The second-order valence-electron chi connectivity index (χ2n) is 5.42. The third kappa shape index (κ3) is 4.20. The van der Waals surface area contributed by atoms with Crippen molar-refractivity contribution in [2.24, 2.45) is 0 Å². The van der Waals surface area contributed by atoms with E-state index in [1.165, 1.54) is 24.3 Å². The summed E-state index contributed by atoms with van der Waals surface area (Å²) in [7, 11) is 0. The molecule has 0 aliphatic carbocycles. The topological polar surface area (TPSA) is 81.7 Å². The summed E-state index contributed by atoms with van der Waals surface area (Å²) >= 11 is 0. The van der Waals surface area contributed by atoms with Crippen LogP contribution in [-0.4, -0.2) is 30.9 Å². The number of amides is 1. The first-order chi connectivity index (χ1) is 12.0. The van der Waals surface area contributed by atoms with Crippen LogP contribution in [0.5, 0.6) is 5.75 Å². The Morgan fingerprint density at radius 1 is 1.08 bits per heavy atom. The van der Waals surface area contributed by atoms with Crippen LogP contribution in [0.3, 0.4) is 0 Å². The Morgan fingerprint density at radius 2 is 1.84 bits per heavy atom. The van der Waals surface area contributed by atoms with Crippen molar-refractivity contribution in [1.29, 1.82) is 0 Å². The summed E-state index contributed by atoms with van der Waals surface area (Å²) < 4.78 is 22.8. The van der Waals surface area contributed by atoms with Gasteiger partial charge >= 0.3 is 5.97 Å². The number of carbonyl (C=O) groups is 3. The van der Waals surface area contributed by atoms with E-state index in [1.807, 2.05) is 0 Å². The van der Waals surface area contributed by atoms with Gasteiger partial charge in [0.1, 0.15) is 11.6 Å². The van der Waals surface area contributed by atoms with Crippen LogP contribution in [-0.2, 0) is 20.7 Å². The van der Waals surface area contributed by atoms with Gasteiger partial charge in [0.2, 0.25) is 5.91 Å². The van der Waals surface area contributed by atoms with E-state index in [9.17, 15) is 18.8 Å². The molecule has 1 heterocycles. The summed E-state index contributed by atoms with van der Waals surface area (Å²) in [6.07, 6.45) is 0.224. The van der Waals surface area contributed by atoms with Gasteiger partial charge in [-0.2, -0.15) is 0 Å². The van der Waals surface area contributed by atoms with Crippen LogP contribution in [0.4, 0.5) is 10.1 Å². The molecule has 0 bridgehead atoms. The summed E-state index contributed by atoms with van der Waals surface area (Å²) in [5.41, 5.74) is 1.79. The number of Topliss-reactive ketones (excluding diaryl/α,β-unsaturated/α-hetero) is 1. The van der Waals surface area contributed by atoms with Gasteiger partial charge in [0.25, 0.3) is 0 Å². The van der Waals surface area contributed by atoms with E-state index in [2.05, 4.69) is 5.32 Å². The zero-order valence-electron chi connectivity index (χ0n) is 13.1. The fourth-order valence-corrected chi connectivity index (χ4v) is 2.35. The highest BCUT2D eigenvalue weighted by molar-refractivity contribution is 6.02. The zero-order valence-corrected chi connectivity index (χ0v) is 13.1. The van der Waals surface area contributed by atoms with Gasteiger partial charge in [-0.3, -0.25) is 9.59 Å². The third-order valence-corrected chi connectivity index (χ3v) is 3.59. The lowest BCUT2D eigenvalue weighted by molar-refractivity contribution is -0.144. The van der Waals surface area contributed by atoms with Crippen molar-refractivity contribution in [2.75, 3.05) is 18.5 Å². The lowest BCUT2D eigenvalue weighted by atomic mass is 10.1. The number of ketones is 1. The Labute approximate surface area is 142 Å². The van der Waals surface area contributed by atoms with Gasteiger partial charge in [-0.15, -0.1) is 0 Å². The average Bonchev–Trinajstić information content (AvgIpc) is 2.98. The van der Waals surface area contributed by atoms with Crippen LogP contribution < -0.4 is 10.1 Å². The van der Waals surface area contributed by atoms with Crippen LogP contribution in [0, 0.1) is 5.82 Å². The molecule has 1 aliphatic heterocycles. The van der Waals surface area contributed by atoms with E-state index in [0.29, 0.717) is 17.0 Å². The Bertz CT molecular complexity index is 832. The highest BCUT2D eigenvalue weighted by Crippen LogP contribution is 2.24. The number of ether oxygens (including phenoxy) is 2. The number of nitrogens with one attached hydrogen (secondary N) is 1. The van der Waals surface area contributed by atoms with Crippen molar-refractivity contribution < 1.29 is 28.2 Å². The Morgan fingerprint density at radius 3 is 2.60 bits per heavy atom. The minimum atomic E-state index is -0.712. The average molecular weight is 343 g/mol. The number of rotatable bonds is 6. The first-order valence-corrected chi connectivity index (χ1v) is 7.51. The summed E-state index contributed by atoms with van der Waals surface area (Å²) in [5, 5.41) is 2.67. The normalized spacial score (nSPS) is 12.3. The number of hydrogen-bond donors (Lipinski definition) is 1. The van der Waals surface area contributed by atoms with Crippen molar-refractivity contribution in [3.63, 3.8) is 0 Å². The van der Waals surface area contributed by atoms with E-state index >= 15 is 0 Å². The number of fused-ring (bicyclic) bond motifs is 1. The van der Waals surface area contributed by atoms with Crippen molar-refractivity contribution in [1.82, 2.24) is 0 Å². The highest BCUT2D eigenvalue weighted by atomic mass is 19.1. The van der Waals surface area contributed by atoms with Gasteiger partial charge in [0, 0.05) is 11.3 Å². The first-order valence-electron chi connectivity index (χ1n) is 7.51. The molecule has 0 saturated heterocycles. The Balaban J connectivity index is 1.49. The lowest BCUT2D eigenvalue weighted by Crippen LogP contribution is -2.19. The number of hydrogen-bond acceptors (Lipinski definition) is 5. The molecule has 3 rings (SSSR count). The lowest BCUT2D eigenvalue weighted by Gasteiger charge is -2.07. The summed E-state index contributed by atoms with van der Waals surface area (Å²) in [6, 6.07) is 10.00. The largest absolute Gasteiger partial charge is 0.482 e. The van der Waals surface area contributed by atoms with Gasteiger partial charge in [0.05, 0.1) is 6.42 Å². The highest BCUT2D eigenvalue weighted by Gasteiger charge is 2.19. The fraction of sp³-hybridized carbons (Fsp3) is 0.167. The molecule has 7 heteroatoms. The van der Waals surface area contributed by atoms with Crippen molar-refractivity contribution in [3.05, 3.63) is 59.4 Å². The van der Waals surface area contributed by atoms with Crippen LogP contribution in [0.1, 0.15) is 15.9 Å². The number of halogens is 1. The molecule has 0 unspecified atom stereocenters. The minimum absolute atomic E-state index is 0.121. The third-order valence-electron chi connectivity index (χ3n) is 3.59. The number of esters is 1. The summed E-state index contributed by atoms with van der Waals surface area (Å²) in [6.45, 7) is -0.812. The maximum absolute atomic E-state index is 12.8. The van der Waals surface area contributed by atoms with Gasteiger partial charge in [-0.05, 0) is 48.0 Å². The second kappa shape index (κ2) is 7.12. The van der Waals surface area contributed by atoms with E-state index in [0.717, 1.165) is 5.56 Å². The van der Waals surface area contributed by atoms with Gasteiger partial charge in [-0.1, -0.05) is 0 Å². The molecule has 0 spiro atoms. The molecule has 25 heavy (non-hydrogen) atoms. The fourth-order valence-electron chi connectivity index (χ4n) is 2.35. The molecule has 0 radical (unpaired) electrons. The number of carbonyl (C=O) groups excluding carboxylic acids is 3. The van der Waals surface area contributed by atoms with Crippen molar-refractivity contribution >= 4 is 23.3 Å². The molecule has 0 atom stereocenters. The molecule has 2 aromatic carbocycles. The first kappa shape index (κ1) is 16.6. The Kier molecular flexibility index (Phi) is 4.74. The van der Waals surface area contributed by atoms with Crippen molar-refractivity contribution in [2.45, 2.75) is 6.42 Å². The number of benzene rings is 2. The summed E-state index contributed by atoms with van der Waals surface area (Å²) in [5.74, 6) is -1.30. The van der Waals surface area contributed by atoms with Gasteiger partial charge in [-0.25, -0.2) is 9.18 Å². The molecule has 6 nitrogen and oxygen atoms in total. The molecular weight excluding hydrogens is 329 g/mol. The molecule has 1 aliphatic rings. The summed E-state index contributed by atoms with van der Waals surface area (Å²) in [4.78, 5) is 35.0. The molecule has 0 aromatic heterocycles. The number of anilines is 1. The van der Waals surface area contributed by atoms with Gasteiger partial charge < -0.3 is 14.8 Å². The van der Waals surface area contributed by atoms with E-state index in [-0.39, 0.29) is 24.7 Å². The molecule has 0 fully saturated rings. The smallest absolute Gasteiger partial charge is 0.344 e. The SMILES string of the molecule is O=C1Cc2cc(C(=O)COC(=O)COc3ccc(F)cc3)ccc2N1. The van der Waals surface area contributed by atoms with E-state index in [1.54, 1.807) is 18.2 Å². The van der Waals surface area contributed by atoms with E-state index < -0.39 is 18.4 Å². The Hall–Kier alpha value is -3.22. The molecule has 1 N–H and O–H groups in total. The maximum Gasteiger partial charge on any atom is 0.344 e. The second-order valence-corrected chi connectivity index (χ2v) is 5.42. The van der Waals surface area contributed by atoms with Crippen LogP contribution >= 0.6 is 0 Å². The maximum atomic E-state index is 12.8. The van der Waals surface area contributed by atoms with Crippen LogP contribution in [0.15, 0.2) is 42.5 Å². The van der Waals surface area contributed by atoms with Gasteiger partial charge in [0.15, 0.2) is 19.0 Å². The standard InChI is InChI=1S/C18H14FNO5/c19-13-2-4-14(5-3-13)24-10-18(23)25-9-16(21)11-1-6-15-12(7-11)8-17(22)20-15/h1-7H,8-10H2,(H,20,22). The predicted molar refractivity (Wildman–Crippen MR) is 86.0 cm³/mol. The minimum Gasteiger partial charge on any atom is -0.482 e. The zero-order chi connectivity index (χ0) is 17.8. The van der Waals surface area contributed by atoms with Crippen LogP contribution in [0.2, 0.25) is 0 Å². The molecule has 128 valence electrons. The van der Waals surface area contributed by atoms with Crippen molar-refractivity contribution in [3.8, 4) is 5.75 Å². The molecular formula is C18H14FNO5. The van der Waals surface area contributed by atoms with Crippen LogP contribution in [0.25, 0.3) is 0 Å². The van der Waals surface area contributed by atoms with E-state index in [4.69, 9.17) is 9.47 Å².